The summed E-state index contributed by atoms with van der Waals surface area (Å²) in [5.74, 6) is -0.487. The molecule has 0 saturated heterocycles. The molecule has 1 atom stereocenters. The average Bonchev–Trinajstić information content (AvgIpc) is 2.98. The number of primary amides is 1. The molecule has 7 nitrogen and oxygen atoms in total. The summed E-state index contributed by atoms with van der Waals surface area (Å²) in [5, 5.41) is 14.3. The van der Waals surface area contributed by atoms with Gasteiger partial charge in [0.25, 0.3) is 17.5 Å². The van der Waals surface area contributed by atoms with E-state index in [0.29, 0.717) is 22.0 Å². The molecule has 2 amide bonds. The van der Waals surface area contributed by atoms with Crippen molar-refractivity contribution in [3.05, 3.63) is 55.4 Å². The Balaban J connectivity index is 1.93. The van der Waals surface area contributed by atoms with Gasteiger partial charge >= 0.3 is 0 Å². The van der Waals surface area contributed by atoms with Crippen LogP contribution in [-0.2, 0) is 12.8 Å². The highest BCUT2D eigenvalue weighted by Gasteiger charge is 2.28. The third-order valence-electron chi connectivity index (χ3n) is 5.09. The molecule has 1 heterocycles. The molecule has 1 aliphatic rings. The molecule has 2 aromatic rings. The number of benzene rings is 1. The number of nitrogens with zero attached hydrogens (tertiary/aromatic N) is 1. The molecule has 8 heteroatoms. The lowest BCUT2D eigenvalue weighted by Gasteiger charge is -2.20. The lowest BCUT2D eigenvalue weighted by Crippen LogP contribution is -2.19. The van der Waals surface area contributed by atoms with Gasteiger partial charge in [-0.05, 0) is 43.7 Å². The summed E-state index contributed by atoms with van der Waals surface area (Å²) in [4.78, 5) is 36.3. The van der Waals surface area contributed by atoms with Gasteiger partial charge in [-0.1, -0.05) is 19.4 Å². The van der Waals surface area contributed by atoms with Crippen molar-refractivity contribution in [2.75, 3.05) is 5.32 Å². The fourth-order valence-corrected chi connectivity index (χ4v) is 4.84. The number of rotatable bonds is 5. The smallest absolute Gasteiger partial charge is 0.273 e. The summed E-state index contributed by atoms with van der Waals surface area (Å²) in [6.45, 7) is 3.76. The van der Waals surface area contributed by atoms with Crippen LogP contribution in [0.5, 0.6) is 0 Å². The second kappa shape index (κ2) is 7.48. The molecule has 1 unspecified atom stereocenters. The van der Waals surface area contributed by atoms with E-state index in [1.165, 1.54) is 29.5 Å². The number of carbonyl (C=O) groups is 2. The number of nitrogens with two attached hydrogens (primary N) is 1. The van der Waals surface area contributed by atoms with Crippen LogP contribution in [0.25, 0.3) is 0 Å². The van der Waals surface area contributed by atoms with E-state index in [4.69, 9.17) is 5.73 Å². The quantitative estimate of drug-likeness (QED) is 0.599. The van der Waals surface area contributed by atoms with Crippen molar-refractivity contribution in [3.63, 3.8) is 0 Å². The van der Waals surface area contributed by atoms with Gasteiger partial charge < -0.3 is 11.1 Å². The largest absolute Gasteiger partial charge is 0.365 e. The zero-order valence-corrected chi connectivity index (χ0v) is 16.0. The number of thiophene rings is 1. The zero-order valence-electron chi connectivity index (χ0n) is 15.2. The molecule has 1 aromatic heterocycles. The first-order valence-corrected chi connectivity index (χ1v) is 9.64. The predicted molar refractivity (Wildman–Crippen MR) is 104 cm³/mol. The first-order valence-electron chi connectivity index (χ1n) is 8.82. The van der Waals surface area contributed by atoms with Crippen molar-refractivity contribution in [2.24, 2.45) is 11.7 Å². The van der Waals surface area contributed by atoms with Crippen LogP contribution < -0.4 is 11.1 Å². The lowest BCUT2D eigenvalue weighted by molar-refractivity contribution is -0.385. The van der Waals surface area contributed by atoms with Crippen LogP contribution in [0.3, 0.4) is 0 Å². The Morgan fingerprint density at radius 3 is 2.78 bits per heavy atom. The SMILES string of the molecule is CCC1CCc2c(sc(NC(=O)c3ccc(C)c([N+](=O)[O-])c3)c2C(N)=O)C1. The lowest BCUT2D eigenvalue weighted by atomic mass is 9.85. The van der Waals surface area contributed by atoms with E-state index in [0.717, 1.165) is 36.1 Å². The van der Waals surface area contributed by atoms with Gasteiger partial charge in [0.1, 0.15) is 5.00 Å². The monoisotopic (exact) mass is 387 g/mol. The summed E-state index contributed by atoms with van der Waals surface area (Å²) in [6, 6.07) is 4.31. The molecular weight excluding hydrogens is 366 g/mol. The normalized spacial score (nSPS) is 15.9. The molecule has 0 radical (unpaired) electrons. The van der Waals surface area contributed by atoms with E-state index in [1.807, 2.05) is 0 Å². The molecule has 3 rings (SSSR count). The second-order valence-electron chi connectivity index (χ2n) is 6.80. The highest BCUT2D eigenvalue weighted by atomic mass is 32.1. The summed E-state index contributed by atoms with van der Waals surface area (Å²) >= 11 is 1.38. The highest BCUT2D eigenvalue weighted by molar-refractivity contribution is 7.17. The second-order valence-corrected chi connectivity index (χ2v) is 7.91. The van der Waals surface area contributed by atoms with Crippen molar-refractivity contribution in [1.82, 2.24) is 0 Å². The van der Waals surface area contributed by atoms with Crippen LogP contribution in [0.1, 0.15) is 56.5 Å². The standard InChI is InChI=1S/C19H21N3O4S/c1-3-11-5-7-13-15(8-11)27-19(16(13)17(20)23)21-18(24)12-6-4-10(2)14(9-12)22(25)26/h4,6,9,11H,3,5,7-8H2,1-2H3,(H2,20,23)(H,21,24). The first kappa shape index (κ1) is 19.0. The summed E-state index contributed by atoms with van der Waals surface area (Å²) < 4.78 is 0. The highest BCUT2D eigenvalue weighted by Crippen LogP contribution is 2.40. The number of aryl methyl sites for hydroxylation is 1. The molecule has 142 valence electrons. The average molecular weight is 387 g/mol. The van der Waals surface area contributed by atoms with Crippen LogP contribution in [0.15, 0.2) is 18.2 Å². The van der Waals surface area contributed by atoms with Gasteiger partial charge in [-0.15, -0.1) is 11.3 Å². The molecule has 0 saturated carbocycles. The van der Waals surface area contributed by atoms with Gasteiger partial charge in [-0.2, -0.15) is 0 Å². The number of hydrogen-bond donors (Lipinski definition) is 2. The fraction of sp³-hybridized carbons (Fsp3) is 0.368. The van der Waals surface area contributed by atoms with Crippen molar-refractivity contribution in [2.45, 2.75) is 39.5 Å². The molecule has 1 aromatic carbocycles. The zero-order chi connectivity index (χ0) is 19.7. The van der Waals surface area contributed by atoms with Gasteiger partial charge in [0.2, 0.25) is 0 Å². The van der Waals surface area contributed by atoms with E-state index in [1.54, 1.807) is 6.92 Å². The minimum absolute atomic E-state index is 0.117. The number of carbonyl (C=O) groups excluding carboxylic acids is 2. The third kappa shape index (κ3) is 3.71. The Morgan fingerprint density at radius 2 is 2.15 bits per heavy atom. The number of nitro groups is 1. The Kier molecular flexibility index (Phi) is 5.27. The Morgan fingerprint density at radius 1 is 1.41 bits per heavy atom. The maximum atomic E-state index is 12.6. The minimum atomic E-state index is -0.562. The van der Waals surface area contributed by atoms with Crippen LogP contribution >= 0.6 is 11.3 Å². The summed E-state index contributed by atoms with van der Waals surface area (Å²) in [5.41, 5.74) is 7.41. The predicted octanol–water partition coefficient (Wildman–Crippen LogP) is 3.83. The van der Waals surface area contributed by atoms with Gasteiger partial charge in [0, 0.05) is 22.1 Å². The van der Waals surface area contributed by atoms with Crippen LogP contribution in [0, 0.1) is 23.0 Å². The Bertz CT molecular complexity index is 935. The molecule has 0 fully saturated rings. The van der Waals surface area contributed by atoms with Crippen molar-refractivity contribution in [3.8, 4) is 0 Å². The number of hydrogen-bond acceptors (Lipinski definition) is 5. The van der Waals surface area contributed by atoms with E-state index < -0.39 is 16.7 Å². The number of nitrogens with one attached hydrogen (secondary N) is 1. The van der Waals surface area contributed by atoms with Gasteiger partial charge in [0.15, 0.2) is 0 Å². The molecular formula is C19H21N3O4S. The molecule has 27 heavy (non-hydrogen) atoms. The van der Waals surface area contributed by atoms with Crippen LogP contribution in [0.2, 0.25) is 0 Å². The van der Waals surface area contributed by atoms with Crippen LogP contribution in [-0.4, -0.2) is 16.7 Å². The van der Waals surface area contributed by atoms with Crippen molar-refractivity contribution in [1.29, 1.82) is 0 Å². The summed E-state index contributed by atoms with van der Waals surface area (Å²) in [7, 11) is 0. The molecule has 1 aliphatic carbocycles. The van der Waals surface area contributed by atoms with Crippen molar-refractivity contribution >= 4 is 33.8 Å². The third-order valence-corrected chi connectivity index (χ3v) is 6.26. The van der Waals surface area contributed by atoms with E-state index in [2.05, 4.69) is 12.2 Å². The topological polar surface area (TPSA) is 115 Å². The number of anilines is 1. The van der Waals surface area contributed by atoms with Gasteiger partial charge in [0.05, 0.1) is 10.5 Å². The first-order chi connectivity index (χ1) is 12.8. The minimum Gasteiger partial charge on any atom is -0.365 e. The van der Waals surface area contributed by atoms with E-state index in [9.17, 15) is 19.7 Å². The van der Waals surface area contributed by atoms with E-state index in [-0.39, 0.29) is 11.3 Å². The maximum absolute atomic E-state index is 12.6. The van der Waals surface area contributed by atoms with Crippen molar-refractivity contribution < 1.29 is 14.5 Å². The fourth-order valence-electron chi connectivity index (χ4n) is 3.47. The maximum Gasteiger partial charge on any atom is 0.273 e. The number of amides is 2. The van der Waals surface area contributed by atoms with Gasteiger partial charge in [-0.3, -0.25) is 19.7 Å². The molecule has 0 bridgehead atoms. The number of nitro benzene ring substituents is 1. The Labute approximate surface area is 160 Å². The number of fused-ring (bicyclic) bond motifs is 1. The molecule has 0 spiro atoms. The van der Waals surface area contributed by atoms with E-state index >= 15 is 0 Å². The molecule has 0 aliphatic heterocycles. The van der Waals surface area contributed by atoms with Gasteiger partial charge in [-0.25, -0.2) is 0 Å². The van der Waals surface area contributed by atoms with Crippen LogP contribution in [0.4, 0.5) is 10.7 Å². The Hall–Kier alpha value is -2.74. The molecule has 3 N–H and O–H groups in total. The summed E-state index contributed by atoms with van der Waals surface area (Å²) in [6.07, 6.45) is 3.72.